The van der Waals surface area contributed by atoms with Gasteiger partial charge >= 0.3 is 0 Å². The van der Waals surface area contributed by atoms with Crippen LogP contribution in [0.2, 0.25) is 0 Å². The van der Waals surface area contributed by atoms with E-state index in [1.54, 1.807) is 6.20 Å². The molecule has 1 unspecified atom stereocenters. The lowest BCUT2D eigenvalue weighted by atomic mass is 9.95. The molecule has 3 aliphatic rings. The van der Waals surface area contributed by atoms with Crippen LogP contribution in [0.3, 0.4) is 0 Å². The van der Waals surface area contributed by atoms with Crippen molar-refractivity contribution in [2.45, 2.75) is 57.7 Å². The number of piperidine rings is 1. The summed E-state index contributed by atoms with van der Waals surface area (Å²) in [6.45, 7) is 8.93. The number of nitrogens with zero attached hydrogens (tertiary/aromatic N) is 4. The van der Waals surface area contributed by atoms with Crippen molar-refractivity contribution in [2.75, 3.05) is 44.2 Å². The molecule has 0 spiro atoms. The Kier molecular flexibility index (Phi) is 8.20. The minimum atomic E-state index is -0.961. The van der Waals surface area contributed by atoms with E-state index in [9.17, 15) is 9.59 Å². The Balaban J connectivity index is 1.10. The van der Waals surface area contributed by atoms with Crippen LogP contribution in [0.1, 0.15) is 45.1 Å². The molecule has 1 atom stereocenters. The molecule has 9 nitrogen and oxygen atoms in total. The number of aromatic amines is 1. The van der Waals surface area contributed by atoms with Crippen molar-refractivity contribution in [1.29, 1.82) is 0 Å². The molecular formula is C33H42N6O3. The van der Waals surface area contributed by atoms with Crippen LogP contribution in [-0.2, 0) is 16.1 Å². The van der Waals surface area contributed by atoms with E-state index in [0.29, 0.717) is 38.0 Å². The van der Waals surface area contributed by atoms with Crippen molar-refractivity contribution >= 4 is 17.5 Å². The Bertz CT molecular complexity index is 1360. The minimum Gasteiger partial charge on any atom is -0.478 e. The maximum absolute atomic E-state index is 13.9. The fourth-order valence-electron chi connectivity index (χ4n) is 6.15. The summed E-state index contributed by atoms with van der Waals surface area (Å²) >= 11 is 0. The normalized spacial score (nSPS) is 19.4. The molecule has 1 aliphatic carbocycles. The van der Waals surface area contributed by atoms with Crippen molar-refractivity contribution < 1.29 is 14.3 Å². The molecule has 2 aromatic carbocycles. The van der Waals surface area contributed by atoms with Gasteiger partial charge in [0.05, 0.1) is 11.6 Å². The standard InChI is InChI=1S/C33H42N6O3/c1-33(2,32(41)37-19-16-34-17-20-37)42-29-7-3-6-28(21-29)38-18-4-5-26(23-38)31(40)39(27-12-13-27)22-24-8-10-25(11-9-24)30-14-15-35-36-30/h3,6-11,14-15,21,26-27,34H,4-5,12-13,16-20,22-23H2,1-2H3,(H,35,36). The Labute approximate surface area is 248 Å². The van der Waals surface area contributed by atoms with E-state index in [2.05, 4.69) is 55.6 Å². The van der Waals surface area contributed by atoms with Crippen LogP contribution in [0.5, 0.6) is 5.75 Å². The monoisotopic (exact) mass is 570 g/mol. The predicted molar refractivity (Wildman–Crippen MR) is 163 cm³/mol. The first-order valence-corrected chi connectivity index (χ1v) is 15.3. The highest BCUT2D eigenvalue weighted by Crippen LogP contribution is 2.34. The van der Waals surface area contributed by atoms with E-state index in [4.69, 9.17) is 4.74 Å². The summed E-state index contributed by atoms with van der Waals surface area (Å²) in [5.74, 6) is 0.899. The van der Waals surface area contributed by atoms with Gasteiger partial charge in [-0.1, -0.05) is 30.3 Å². The highest BCUT2D eigenvalue weighted by Gasteiger charge is 2.38. The van der Waals surface area contributed by atoms with Crippen molar-refractivity contribution in [3.63, 3.8) is 0 Å². The highest BCUT2D eigenvalue weighted by atomic mass is 16.5. The molecule has 3 heterocycles. The molecule has 2 amide bonds. The maximum atomic E-state index is 13.9. The molecule has 0 bridgehead atoms. The number of anilines is 1. The third-order valence-electron chi connectivity index (χ3n) is 8.63. The SMILES string of the molecule is CC(C)(Oc1cccc(N2CCCC(C(=O)N(Cc3ccc(-c4ccn[nH]4)cc3)C3CC3)C2)c1)C(=O)N1CCNCC1. The smallest absolute Gasteiger partial charge is 0.266 e. The summed E-state index contributed by atoms with van der Waals surface area (Å²) in [5, 5.41) is 10.3. The van der Waals surface area contributed by atoms with Crippen molar-refractivity contribution in [3.05, 3.63) is 66.4 Å². The molecule has 42 heavy (non-hydrogen) atoms. The first-order chi connectivity index (χ1) is 20.4. The number of aromatic nitrogens is 2. The molecule has 9 heteroatoms. The number of H-pyrrole nitrogens is 1. The zero-order valence-corrected chi connectivity index (χ0v) is 24.7. The molecule has 222 valence electrons. The first kappa shape index (κ1) is 28.3. The largest absolute Gasteiger partial charge is 0.478 e. The van der Waals surface area contributed by atoms with Crippen LogP contribution in [0, 0.1) is 5.92 Å². The Morgan fingerprint density at radius 2 is 1.81 bits per heavy atom. The molecule has 3 fully saturated rings. The average Bonchev–Trinajstić information content (AvgIpc) is 3.72. The van der Waals surface area contributed by atoms with Gasteiger partial charge in [0.1, 0.15) is 5.75 Å². The molecule has 2 saturated heterocycles. The van der Waals surface area contributed by atoms with Gasteiger partial charge in [0.15, 0.2) is 5.60 Å². The van der Waals surface area contributed by atoms with Crippen LogP contribution >= 0.6 is 0 Å². The van der Waals surface area contributed by atoms with Crippen molar-refractivity contribution in [3.8, 4) is 17.0 Å². The van der Waals surface area contributed by atoms with Gasteiger partial charge in [-0.25, -0.2) is 0 Å². The number of hydrogen-bond acceptors (Lipinski definition) is 6. The number of ether oxygens (including phenoxy) is 1. The quantitative estimate of drug-likeness (QED) is 0.403. The van der Waals surface area contributed by atoms with Gasteiger partial charge in [0, 0.05) is 69.8 Å². The lowest BCUT2D eigenvalue weighted by Gasteiger charge is -2.37. The summed E-state index contributed by atoms with van der Waals surface area (Å²) in [6.07, 6.45) is 5.78. The van der Waals surface area contributed by atoms with E-state index < -0.39 is 5.60 Å². The number of amides is 2. The molecule has 0 radical (unpaired) electrons. The number of carbonyl (C=O) groups is 2. The second-order valence-electron chi connectivity index (χ2n) is 12.3. The lowest BCUT2D eigenvalue weighted by Crippen LogP contribution is -2.54. The Morgan fingerprint density at radius 3 is 2.52 bits per heavy atom. The summed E-state index contributed by atoms with van der Waals surface area (Å²) in [5.41, 5.74) is 3.30. The number of carbonyl (C=O) groups excluding carboxylic acids is 2. The number of benzene rings is 2. The second-order valence-corrected chi connectivity index (χ2v) is 12.3. The van der Waals surface area contributed by atoms with Gasteiger partial charge in [-0.3, -0.25) is 14.7 Å². The van der Waals surface area contributed by atoms with Gasteiger partial charge < -0.3 is 24.8 Å². The topological polar surface area (TPSA) is 93.8 Å². The summed E-state index contributed by atoms with van der Waals surface area (Å²) in [6, 6.07) is 18.7. The van der Waals surface area contributed by atoms with Crippen LogP contribution in [0.15, 0.2) is 60.8 Å². The summed E-state index contributed by atoms with van der Waals surface area (Å²) < 4.78 is 6.28. The van der Waals surface area contributed by atoms with Gasteiger partial charge in [0.25, 0.3) is 5.91 Å². The Morgan fingerprint density at radius 1 is 1.02 bits per heavy atom. The van der Waals surface area contributed by atoms with Gasteiger partial charge in [0.2, 0.25) is 5.91 Å². The predicted octanol–water partition coefficient (Wildman–Crippen LogP) is 4.07. The fourth-order valence-corrected chi connectivity index (χ4v) is 6.15. The second kappa shape index (κ2) is 12.2. The average molecular weight is 571 g/mol. The molecule has 2 N–H and O–H groups in total. The first-order valence-electron chi connectivity index (χ1n) is 15.3. The van der Waals surface area contributed by atoms with Crippen molar-refractivity contribution in [1.82, 2.24) is 25.3 Å². The van der Waals surface area contributed by atoms with Gasteiger partial charge in [-0.2, -0.15) is 5.10 Å². The lowest BCUT2D eigenvalue weighted by molar-refractivity contribution is -0.146. The third kappa shape index (κ3) is 6.46. The van der Waals surface area contributed by atoms with Crippen LogP contribution in [-0.4, -0.2) is 82.7 Å². The third-order valence-corrected chi connectivity index (χ3v) is 8.63. The van der Waals surface area contributed by atoms with Gasteiger partial charge in [-0.15, -0.1) is 0 Å². The summed E-state index contributed by atoms with van der Waals surface area (Å²) in [4.78, 5) is 33.4. The number of hydrogen-bond donors (Lipinski definition) is 2. The minimum absolute atomic E-state index is 0.00847. The van der Waals surface area contributed by atoms with Gasteiger partial charge in [-0.05, 0) is 68.9 Å². The summed E-state index contributed by atoms with van der Waals surface area (Å²) in [7, 11) is 0. The van der Waals surface area contributed by atoms with Crippen molar-refractivity contribution in [2.24, 2.45) is 5.92 Å². The number of nitrogens with one attached hydrogen (secondary N) is 2. The number of piperazine rings is 1. The highest BCUT2D eigenvalue weighted by molar-refractivity contribution is 5.85. The van der Waals surface area contributed by atoms with Crippen LogP contribution < -0.4 is 15.0 Å². The molecule has 3 aromatic rings. The molecule has 6 rings (SSSR count). The fraction of sp³-hybridized carbons (Fsp3) is 0.485. The zero-order valence-electron chi connectivity index (χ0n) is 24.7. The van der Waals surface area contributed by atoms with E-state index in [1.807, 2.05) is 43.0 Å². The molecule has 1 aromatic heterocycles. The van der Waals surface area contributed by atoms with E-state index in [-0.39, 0.29) is 17.7 Å². The molecular weight excluding hydrogens is 528 g/mol. The van der Waals surface area contributed by atoms with E-state index in [1.165, 1.54) is 0 Å². The maximum Gasteiger partial charge on any atom is 0.266 e. The number of rotatable bonds is 9. The molecule has 1 saturated carbocycles. The molecule has 2 aliphatic heterocycles. The van der Waals surface area contributed by atoms with Crippen LogP contribution in [0.4, 0.5) is 5.69 Å². The zero-order chi connectivity index (χ0) is 29.1. The van der Waals surface area contributed by atoms with Crippen LogP contribution in [0.25, 0.3) is 11.3 Å². The van der Waals surface area contributed by atoms with E-state index >= 15 is 0 Å². The van der Waals surface area contributed by atoms with E-state index in [0.717, 1.165) is 67.8 Å². The Hall–Kier alpha value is -3.85.